The summed E-state index contributed by atoms with van der Waals surface area (Å²) in [6, 6.07) is 5.63. The Balaban J connectivity index is 2.69. The number of nitrogens with one attached hydrogen (secondary N) is 1. The van der Waals surface area contributed by atoms with Gasteiger partial charge in [0, 0.05) is 21.7 Å². The van der Waals surface area contributed by atoms with E-state index in [1.165, 1.54) is 0 Å². The molecule has 0 aliphatic carbocycles. The van der Waals surface area contributed by atoms with Crippen molar-refractivity contribution in [2.45, 2.75) is 13.0 Å². The third kappa shape index (κ3) is 4.03. The highest BCUT2D eigenvalue weighted by Gasteiger charge is 2.11. The Labute approximate surface area is 117 Å². The molecule has 0 saturated carbocycles. The summed E-state index contributed by atoms with van der Waals surface area (Å²) < 4.78 is 6.90. The highest BCUT2D eigenvalue weighted by Crippen LogP contribution is 2.18. The number of amides is 1. The molecule has 1 aromatic rings. The molecule has 0 saturated heterocycles. The van der Waals surface area contributed by atoms with Crippen molar-refractivity contribution in [3.05, 3.63) is 31.8 Å². The molecule has 1 aromatic carbocycles. The normalized spacial score (nSPS) is 12.2. The van der Waals surface area contributed by atoms with E-state index in [2.05, 4.69) is 43.8 Å². The van der Waals surface area contributed by atoms with Crippen molar-refractivity contribution < 1.29 is 9.53 Å². The molecule has 0 heterocycles. The van der Waals surface area contributed by atoms with Crippen LogP contribution in [-0.4, -0.2) is 25.7 Å². The van der Waals surface area contributed by atoms with Gasteiger partial charge in [-0.1, -0.05) is 15.9 Å². The molecule has 16 heavy (non-hydrogen) atoms. The second kappa shape index (κ2) is 6.56. The van der Waals surface area contributed by atoms with Crippen LogP contribution in [0.2, 0.25) is 0 Å². The standard InChI is InChI=1S/C11H13BrINO2/c1-7(16-2)6-14-11(15)9-5-8(12)3-4-10(9)13/h3-5,7H,6H2,1-2H3,(H,14,15). The number of hydrogen-bond donors (Lipinski definition) is 1. The fourth-order valence-electron chi connectivity index (χ4n) is 1.09. The Hall–Kier alpha value is -0.140. The van der Waals surface area contributed by atoms with Crippen LogP contribution in [0.3, 0.4) is 0 Å². The first-order valence-corrected chi connectivity index (χ1v) is 6.67. The quantitative estimate of drug-likeness (QED) is 0.793. The Morgan fingerprint density at radius 2 is 2.31 bits per heavy atom. The van der Waals surface area contributed by atoms with E-state index in [1.807, 2.05) is 25.1 Å². The van der Waals surface area contributed by atoms with Crippen LogP contribution in [0.4, 0.5) is 0 Å². The molecule has 1 atom stereocenters. The smallest absolute Gasteiger partial charge is 0.252 e. The van der Waals surface area contributed by atoms with Gasteiger partial charge in [0.25, 0.3) is 5.91 Å². The second-order valence-electron chi connectivity index (χ2n) is 3.38. The number of benzene rings is 1. The highest BCUT2D eigenvalue weighted by molar-refractivity contribution is 14.1. The molecule has 1 rings (SSSR count). The number of ether oxygens (including phenoxy) is 1. The van der Waals surface area contributed by atoms with E-state index in [0.29, 0.717) is 12.1 Å². The van der Waals surface area contributed by atoms with Gasteiger partial charge in [0.1, 0.15) is 0 Å². The fourth-order valence-corrected chi connectivity index (χ4v) is 2.03. The van der Waals surface area contributed by atoms with E-state index in [0.717, 1.165) is 8.04 Å². The first-order chi connectivity index (χ1) is 7.54. The van der Waals surface area contributed by atoms with Crippen molar-refractivity contribution in [1.29, 1.82) is 0 Å². The summed E-state index contributed by atoms with van der Waals surface area (Å²) in [6.07, 6.45) is 0.0220. The van der Waals surface area contributed by atoms with E-state index in [4.69, 9.17) is 4.74 Å². The van der Waals surface area contributed by atoms with Crippen LogP contribution in [0.15, 0.2) is 22.7 Å². The zero-order chi connectivity index (χ0) is 12.1. The largest absolute Gasteiger partial charge is 0.380 e. The maximum atomic E-state index is 11.8. The summed E-state index contributed by atoms with van der Waals surface area (Å²) >= 11 is 5.50. The van der Waals surface area contributed by atoms with Crippen LogP contribution in [0.5, 0.6) is 0 Å². The summed E-state index contributed by atoms with van der Waals surface area (Å²) in [4.78, 5) is 11.8. The third-order valence-corrected chi connectivity index (χ3v) is 3.56. The number of rotatable bonds is 4. The molecule has 3 nitrogen and oxygen atoms in total. The number of hydrogen-bond acceptors (Lipinski definition) is 2. The lowest BCUT2D eigenvalue weighted by atomic mass is 10.2. The maximum Gasteiger partial charge on any atom is 0.252 e. The van der Waals surface area contributed by atoms with Gasteiger partial charge in [-0.25, -0.2) is 0 Å². The number of carbonyl (C=O) groups excluding carboxylic acids is 1. The molecule has 0 aliphatic rings. The molecule has 1 N–H and O–H groups in total. The van der Waals surface area contributed by atoms with Crippen LogP contribution in [0.1, 0.15) is 17.3 Å². The van der Waals surface area contributed by atoms with Crippen molar-refractivity contribution in [2.75, 3.05) is 13.7 Å². The summed E-state index contributed by atoms with van der Waals surface area (Å²) in [5.74, 6) is -0.0744. The summed E-state index contributed by atoms with van der Waals surface area (Å²) in [5.41, 5.74) is 0.679. The van der Waals surface area contributed by atoms with Crippen molar-refractivity contribution >= 4 is 44.4 Å². The third-order valence-electron chi connectivity index (χ3n) is 2.13. The minimum Gasteiger partial charge on any atom is -0.380 e. The molecule has 0 fully saturated rings. The van der Waals surface area contributed by atoms with Gasteiger partial charge in [0.05, 0.1) is 11.7 Å². The fraction of sp³-hybridized carbons (Fsp3) is 0.364. The summed E-state index contributed by atoms with van der Waals surface area (Å²) in [7, 11) is 1.62. The van der Waals surface area contributed by atoms with Crippen LogP contribution in [-0.2, 0) is 4.74 Å². The zero-order valence-corrected chi connectivity index (χ0v) is 12.8. The van der Waals surface area contributed by atoms with Gasteiger partial charge in [-0.2, -0.15) is 0 Å². The van der Waals surface area contributed by atoms with Gasteiger partial charge >= 0.3 is 0 Å². The van der Waals surface area contributed by atoms with Crippen molar-refractivity contribution in [1.82, 2.24) is 5.32 Å². The predicted molar refractivity (Wildman–Crippen MR) is 75.7 cm³/mol. The molecule has 0 aromatic heterocycles. The molecule has 1 unspecified atom stereocenters. The molecule has 0 bridgehead atoms. The Morgan fingerprint density at radius 1 is 1.62 bits per heavy atom. The van der Waals surface area contributed by atoms with E-state index in [1.54, 1.807) is 7.11 Å². The maximum absolute atomic E-state index is 11.8. The lowest BCUT2D eigenvalue weighted by molar-refractivity contribution is 0.0869. The van der Waals surface area contributed by atoms with Gasteiger partial charge in [0.2, 0.25) is 0 Å². The molecule has 0 spiro atoms. The first kappa shape index (κ1) is 13.9. The lowest BCUT2D eigenvalue weighted by Gasteiger charge is -2.11. The average molecular weight is 398 g/mol. The molecular formula is C11H13BrINO2. The SMILES string of the molecule is COC(C)CNC(=O)c1cc(Br)ccc1I. The van der Waals surface area contributed by atoms with E-state index >= 15 is 0 Å². The molecule has 5 heteroatoms. The second-order valence-corrected chi connectivity index (χ2v) is 5.46. The van der Waals surface area contributed by atoms with Crippen LogP contribution >= 0.6 is 38.5 Å². The van der Waals surface area contributed by atoms with E-state index in [9.17, 15) is 4.79 Å². The van der Waals surface area contributed by atoms with Gasteiger partial charge in [0.15, 0.2) is 0 Å². The van der Waals surface area contributed by atoms with Gasteiger partial charge in [-0.05, 0) is 47.7 Å². The topological polar surface area (TPSA) is 38.3 Å². The van der Waals surface area contributed by atoms with Gasteiger partial charge < -0.3 is 10.1 Å². The van der Waals surface area contributed by atoms with E-state index in [-0.39, 0.29) is 12.0 Å². The van der Waals surface area contributed by atoms with Crippen molar-refractivity contribution in [3.8, 4) is 0 Å². The lowest BCUT2D eigenvalue weighted by Crippen LogP contribution is -2.32. The van der Waals surface area contributed by atoms with Gasteiger partial charge in [-0.3, -0.25) is 4.79 Å². The van der Waals surface area contributed by atoms with Crippen molar-refractivity contribution in [2.24, 2.45) is 0 Å². The number of halogens is 2. The minimum atomic E-state index is -0.0744. The van der Waals surface area contributed by atoms with Gasteiger partial charge in [-0.15, -0.1) is 0 Å². The summed E-state index contributed by atoms with van der Waals surface area (Å²) in [5, 5.41) is 2.83. The van der Waals surface area contributed by atoms with Crippen LogP contribution in [0, 0.1) is 3.57 Å². The monoisotopic (exact) mass is 397 g/mol. The molecular weight excluding hydrogens is 385 g/mol. The molecule has 1 amide bonds. The Morgan fingerprint density at radius 3 is 2.94 bits per heavy atom. The Kier molecular flexibility index (Phi) is 5.71. The van der Waals surface area contributed by atoms with Crippen LogP contribution < -0.4 is 5.32 Å². The molecule has 0 aliphatic heterocycles. The minimum absolute atomic E-state index is 0.0220. The summed E-state index contributed by atoms with van der Waals surface area (Å²) in [6.45, 7) is 2.42. The average Bonchev–Trinajstić information content (AvgIpc) is 2.28. The highest BCUT2D eigenvalue weighted by atomic mass is 127. The predicted octanol–water partition coefficient (Wildman–Crippen LogP) is 2.82. The van der Waals surface area contributed by atoms with E-state index < -0.39 is 0 Å². The molecule has 0 radical (unpaired) electrons. The van der Waals surface area contributed by atoms with Crippen LogP contribution in [0.25, 0.3) is 0 Å². The van der Waals surface area contributed by atoms with Crippen molar-refractivity contribution in [3.63, 3.8) is 0 Å². The Bertz CT molecular complexity index is 384. The first-order valence-electron chi connectivity index (χ1n) is 4.80. The zero-order valence-electron chi connectivity index (χ0n) is 9.09. The number of carbonyl (C=O) groups is 1. The number of methoxy groups -OCH3 is 1. The molecule has 88 valence electrons.